The molecule has 1 aliphatic heterocycles. The van der Waals surface area contributed by atoms with Gasteiger partial charge in [0.05, 0.1) is 12.3 Å². The molecule has 2 atom stereocenters. The van der Waals surface area contributed by atoms with Gasteiger partial charge in [-0.2, -0.15) is 0 Å². The second-order valence-corrected chi connectivity index (χ2v) is 12.1. The van der Waals surface area contributed by atoms with Crippen LogP contribution in [-0.2, 0) is 20.7 Å². The molecule has 1 saturated carbocycles. The minimum Gasteiger partial charge on any atom is -0.481 e. The van der Waals surface area contributed by atoms with Crippen LogP contribution in [0.15, 0.2) is 54.6 Å². The Morgan fingerprint density at radius 1 is 1.00 bits per heavy atom. The van der Waals surface area contributed by atoms with Gasteiger partial charge in [-0.3, -0.25) is 14.4 Å². The predicted octanol–water partition coefficient (Wildman–Crippen LogP) is 3.69. The van der Waals surface area contributed by atoms with Crippen molar-refractivity contribution < 1.29 is 34.5 Å². The number of carboxylic acids is 1. The molecule has 1 saturated heterocycles. The number of nitrogens with one attached hydrogen (secondary N) is 2. The summed E-state index contributed by atoms with van der Waals surface area (Å²) in [5.41, 5.74) is 2.30. The Balaban J connectivity index is 0.00000484. The lowest BCUT2D eigenvalue weighted by atomic mass is 9.76. The van der Waals surface area contributed by atoms with E-state index in [4.69, 9.17) is 4.74 Å². The van der Waals surface area contributed by atoms with Crippen LogP contribution >= 0.6 is 0 Å². The van der Waals surface area contributed by atoms with E-state index in [0.717, 1.165) is 31.2 Å². The molecule has 0 spiro atoms. The van der Waals surface area contributed by atoms with E-state index < -0.39 is 23.6 Å². The molecule has 2 aromatic carbocycles. The van der Waals surface area contributed by atoms with Gasteiger partial charge in [-0.25, -0.2) is 4.79 Å². The molecule has 228 valence electrons. The molecular weight excluding hydrogens is 538 g/mol. The summed E-state index contributed by atoms with van der Waals surface area (Å²) in [6, 6.07) is 17.3. The van der Waals surface area contributed by atoms with E-state index in [9.17, 15) is 24.3 Å². The van der Waals surface area contributed by atoms with Crippen LogP contribution in [0.2, 0.25) is 0 Å². The standard InChI is InChI=1S/C32H41N3O6.H2O/c1-32(2,3)41-31(40)34-26-16-24(17-26)22-11-13-23(14-12-22)29(38)33-20-27-18-25(19-28(36)37)30(39)35(27)15-7-10-21-8-5-4-6-9-21;/h4-6,8-9,11-14,24-27H,7,10,15-20H2,1-3H3,(H,33,38)(H,34,40)(H,36,37);1H2/t24?,25-,26?,27-;/m0./s1. The number of benzene rings is 2. The van der Waals surface area contributed by atoms with E-state index in [0.29, 0.717) is 24.4 Å². The molecule has 0 radical (unpaired) electrons. The normalized spacial score (nSPS) is 21.6. The average molecular weight is 582 g/mol. The van der Waals surface area contributed by atoms with Crippen molar-refractivity contribution in [3.8, 4) is 0 Å². The van der Waals surface area contributed by atoms with E-state index >= 15 is 0 Å². The topological polar surface area (TPSA) is 157 Å². The number of aliphatic carboxylic acids is 1. The number of aryl methyl sites for hydroxylation is 1. The molecule has 5 N–H and O–H groups in total. The van der Waals surface area contributed by atoms with Gasteiger partial charge >= 0.3 is 12.1 Å². The van der Waals surface area contributed by atoms with E-state index in [1.165, 1.54) is 5.56 Å². The highest BCUT2D eigenvalue weighted by Crippen LogP contribution is 2.37. The van der Waals surface area contributed by atoms with Gasteiger partial charge in [-0.15, -0.1) is 0 Å². The number of carbonyl (C=O) groups is 4. The SMILES string of the molecule is CC(C)(C)OC(=O)NC1CC(c2ccc(C(=O)NC[C@@H]3C[C@@H](CC(=O)O)C(=O)N3CCCc3ccccc3)cc2)C1.O. The van der Waals surface area contributed by atoms with E-state index in [-0.39, 0.29) is 42.3 Å². The first kappa shape index (κ1) is 32.6. The van der Waals surface area contributed by atoms with E-state index in [1.54, 1.807) is 17.0 Å². The van der Waals surface area contributed by atoms with Crippen LogP contribution in [0, 0.1) is 5.92 Å². The molecule has 1 aliphatic carbocycles. The summed E-state index contributed by atoms with van der Waals surface area (Å²) in [5, 5.41) is 15.1. The molecule has 0 bridgehead atoms. The highest BCUT2D eigenvalue weighted by molar-refractivity contribution is 5.94. The molecule has 42 heavy (non-hydrogen) atoms. The number of alkyl carbamates (subject to hydrolysis) is 1. The molecule has 10 heteroatoms. The molecule has 0 unspecified atom stereocenters. The number of ether oxygens (including phenoxy) is 1. The fraction of sp³-hybridized carbons (Fsp3) is 0.500. The maximum absolute atomic E-state index is 13.0. The van der Waals surface area contributed by atoms with Crippen LogP contribution in [0.25, 0.3) is 0 Å². The Bertz CT molecular complexity index is 1220. The Labute approximate surface area is 247 Å². The monoisotopic (exact) mass is 581 g/mol. The third kappa shape index (κ3) is 9.04. The van der Waals surface area contributed by atoms with Gasteiger partial charge in [-0.05, 0) is 82.1 Å². The first-order valence-electron chi connectivity index (χ1n) is 14.4. The zero-order valence-electron chi connectivity index (χ0n) is 24.6. The summed E-state index contributed by atoms with van der Waals surface area (Å²) >= 11 is 0. The van der Waals surface area contributed by atoms with Gasteiger partial charge in [0.15, 0.2) is 0 Å². The van der Waals surface area contributed by atoms with Crippen molar-refractivity contribution in [2.24, 2.45) is 5.92 Å². The number of carboxylic acid groups (broad SMARTS) is 1. The third-order valence-corrected chi connectivity index (χ3v) is 7.76. The summed E-state index contributed by atoms with van der Waals surface area (Å²) in [6.07, 6.45) is 3.03. The van der Waals surface area contributed by atoms with Crippen LogP contribution in [0.3, 0.4) is 0 Å². The lowest BCUT2D eigenvalue weighted by molar-refractivity contribution is -0.142. The van der Waals surface area contributed by atoms with E-state index in [2.05, 4.69) is 10.6 Å². The lowest BCUT2D eigenvalue weighted by Gasteiger charge is -2.36. The van der Waals surface area contributed by atoms with Crippen molar-refractivity contribution in [1.82, 2.24) is 15.5 Å². The maximum Gasteiger partial charge on any atom is 0.407 e. The molecular formula is C32H43N3O7. The quantitative estimate of drug-likeness (QED) is 0.367. The summed E-state index contributed by atoms with van der Waals surface area (Å²) in [6.45, 7) is 6.29. The maximum atomic E-state index is 13.0. The predicted molar refractivity (Wildman–Crippen MR) is 158 cm³/mol. The average Bonchev–Trinajstić information content (AvgIpc) is 3.17. The number of nitrogens with zero attached hydrogens (tertiary/aromatic N) is 1. The fourth-order valence-electron chi connectivity index (χ4n) is 5.64. The second-order valence-electron chi connectivity index (χ2n) is 12.1. The number of carbonyl (C=O) groups excluding carboxylic acids is 3. The summed E-state index contributed by atoms with van der Waals surface area (Å²) < 4.78 is 5.32. The number of hydrogen-bond donors (Lipinski definition) is 3. The Kier molecular flexibility index (Phi) is 11.1. The number of hydrogen-bond acceptors (Lipinski definition) is 5. The van der Waals surface area contributed by atoms with Crippen molar-refractivity contribution in [2.45, 2.75) is 82.9 Å². The van der Waals surface area contributed by atoms with Crippen LogP contribution in [0.1, 0.15) is 80.3 Å². The third-order valence-electron chi connectivity index (χ3n) is 7.76. The van der Waals surface area contributed by atoms with Gasteiger partial charge in [-0.1, -0.05) is 42.5 Å². The Hall–Kier alpha value is -3.92. The fourth-order valence-corrected chi connectivity index (χ4v) is 5.64. The van der Waals surface area contributed by atoms with Crippen molar-refractivity contribution in [2.75, 3.05) is 13.1 Å². The number of likely N-dealkylation sites (tertiary alicyclic amines) is 1. The van der Waals surface area contributed by atoms with Gasteiger partial charge < -0.3 is 30.9 Å². The molecule has 3 amide bonds. The smallest absolute Gasteiger partial charge is 0.407 e. The van der Waals surface area contributed by atoms with Crippen molar-refractivity contribution in [3.63, 3.8) is 0 Å². The number of amides is 3. The molecule has 10 nitrogen and oxygen atoms in total. The zero-order valence-corrected chi connectivity index (χ0v) is 24.6. The van der Waals surface area contributed by atoms with Crippen LogP contribution in [0.4, 0.5) is 4.79 Å². The van der Waals surface area contributed by atoms with Gasteiger partial charge in [0.25, 0.3) is 5.91 Å². The molecule has 4 rings (SSSR count). The molecule has 0 aromatic heterocycles. The Morgan fingerprint density at radius 2 is 1.67 bits per heavy atom. The van der Waals surface area contributed by atoms with Crippen LogP contribution in [-0.4, -0.2) is 70.1 Å². The molecule has 2 aromatic rings. The molecule has 2 fully saturated rings. The molecule has 2 aliphatic rings. The first-order chi connectivity index (χ1) is 19.5. The van der Waals surface area contributed by atoms with Crippen LogP contribution < -0.4 is 10.6 Å². The summed E-state index contributed by atoms with van der Waals surface area (Å²) in [5.74, 6) is -1.62. The van der Waals surface area contributed by atoms with Gasteiger partial charge in [0, 0.05) is 30.7 Å². The number of rotatable bonds is 11. The second kappa shape index (κ2) is 14.3. The minimum absolute atomic E-state index is 0. The minimum atomic E-state index is -0.990. The van der Waals surface area contributed by atoms with Gasteiger partial charge in [0.2, 0.25) is 5.91 Å². The van der Waals surface area contributed by atoms with Crippen molar-refractivity contribution in [1.29, 1.82) is 0 Å². The largest absolute Gasteiger partial charge is 0.481 e. The first-order valence-corrected chi connectivity index (χ1v) is 14.4. The highest BCUT2D eigenvalue weighted by atomic mass is 16.6. The highest BCUT2D eigenvalue weighted by Gasteiger charge is 2.40. The van der Waals surface area contributed by atoms with Crippen LogP contribution in [0.5, 0.6) is 0 Å². The van der Waals surface area contributed by atoms with Crippen molar-refractivity contribution >= 4 is 23.9 Å². The van der Waals surface area contributed by atoms with E-state index in [1.807, 2.05) is 63.2 Å². The summed E-state index contributed by atoms with van der Waals surface area (Å²) in [4.78, 5) is 51.0. The lowest BCUT2D eigenvalue weighted by Crippen LogP contribution is -2.45. The summed E-state index contributed by atoms with van der Waals surface area (Å²) in [7, 11) is 0. The Morgan fingerprint density at radius 3 is 2.29 bits per heavy atom. The van der Waals surface area contributed by atoms with Gasteiger partial charge in [0.1, 0.15) is 5.60 Å². The molecule has 1 heterocycles. The zero-order chi connectivity index (χ0) is 29.6. The van der Waals surface area contributed by atoms with Crippen molar-refractivity contribution in [3.05, 3.63) is 71.3 Å².